The summed E-state index contributed by atoms with van der Waals surface area (Å²) in [6.45, 7) is 4.43. The Morgan fingerprint density at radius 2 is 1.23 bits per heavy atom. The lowest BCUT2D eigenvalue weighted by molar-refractivity contribution is 0.804. The van der Waals surface area contributed by atoms with Gasteiger partial charge in [-0.2, -0.15) is 0 Å². The maximum absolute atomic E-state index is 5.72. The lowest BCUT2D eigenvalue weighted by Gasteiger charge is -1.96. The molecular formula is C20H22S2. The highest BCUT2D eigenvalue weighted by atomic mass is 32.1. The van der Waals surface area contributed by atoms with Gasteiger partial charge < -0.3 is 0 Å². The molecule has 0 aliphatic heterocycles. The predicted molar refractivity (Wildman–Crippen MR) is 101 cm³/mol. The lowest BCUT2D eigenvalue weighted by atomic mass is 10.1. The summed E-state index contributed by atoms with van der Waals surface area (Å²) in [6.07, 6.45) is 18.5. The largest absolute Gasteiger partial charge is 0.138 e. The average molecular weight is 327 g/mol. The van der Waals surface area contributed by atoms with Gasteiger partial charge in [0.05, 0.1) is 9.75 Å². The van der Waals surface area contributed by atoms with Crippen LogP contribution in [0.3, 0.4) is 0 Å². The van der Waals surface area contributed by atoms with E-state index in [4.69, 9.17) is 12.8 Å². The standard InChI is InChI=1S/C20H22S2/c1-5-9-11-17-13-15(7-3)19(21-17)20-16(8-4)14-18(22-20)12-10-6-2/h3-4,13-14H,5-6,9-12H2,1-2H3. The Morgan fingerprint density at radius 3 is 1.55 bits per heavy atom. The normalized spacial score (nSPS) is 10.4. The molecule has 2 aromatic rings. The van der Waals surface area contributed by atoms with E-state index >= 15 is 0 Å². The summed E-state index contributed by atoms with van der Waals surface area (Å²) in [4.78, 5) is 5.12. The number of hydrogen-bond acceptors (Lipinski definition) is 2. The van der Waals surface area contributed by atoms with Crippen LogP contribution >= 0.6 is 22.7 Å². The molecule has 0 saturated carbocycles. The first-order chi connectivity index (χ1) is 10.7. The van der Waals surface area contributed by atoms with Gasteiger partial charge in [-0.25, -0.2) is 0 Å². The Balaban J connectivity index is 2.38. The number of aryl methyl sites for hydroxylation is 2. The van der Waals surface area contributed by atoms with Crippen LogP contribution in [0.25, 0.3) is 9.75 Å². The van der Waals surface area contributed by atoms with E-state index in [9.17, 15) is 0 Å². The van der Waals surface area contributed by atoms with E-state index in [0.29, 0.717) is 0 Å². The molecule has 0 saturated heterocycles. The second-order valence-corrected chi connectivity index (χ2v) is 7.68. The summed E-state index contributed by atoms with van der Waals surface area (Å²) in [7, 11) is 0. The van der Waals surface area contributed by atoms with Gasteiger partial charge >= 0.3 is 0 Å². The van der Waals surface area contributed by atoms with Crippen molar-refractivity contribution in [3.63, 3.8) is 0 Å². The van der Waals surface area contributed by atoms with Crippen LogP contribution in [0.2, 0.25) is 0 Å². The summed E-state index contributed by atoms with van der Waals surface area (Å²) >= 11 is 3.63. The molecule has 114 valence electrons. The molecule has 0 bridgehead atoms. The second-order valence-electron chi connectivity index (χ2n) is 5.41. The number of hydrogen-bond donors (Lipinski definition) is 0. The van der Waals surface area contributed by atoms with Crippen molar-refractivity contribution in [2.24, 2.45) is 0 Å². The fourth-order valence-electron chi connectivity index (χ4n) is 2.38. The Bertz CT molecular complexity index is 639. The smallest absolute Gasteiger partial charge is 0.0614 e. The number of terminal acetylenes is 2. The summed E-state index contributed by atoms with van der Waals surface area (Å²) < 4.78 is 0. The molecule has 0 nitrogen and oxygen atoms in total. The molecule has 0 aliphatic rings. The van der Waals surface area contributed by atoms with Gasteiger partial charge in [0.1, 0.15) is 0 Å². The van der Waals surface area contributed by atoms with Crippen molar-refractivity contribution >= 4 is 22.7 Å². The van der Waals surface area contributed by atoms with Crippen LogP contribution < -0.4 is 0 Å². The quantitative estimate of drug-likeness (QED) is 0.537. The molecule has 0 spiro atoms. The van der Waals surface area contributed by atoms with E-state index in [-0.39, 0.29) is 0 Å². The summed E-state index contributed by atoms with van der Waals surface area (Å²) in [5.41, 5.74) is 1.99. The van der Waals surface area contributed by atoms with Gasteiger partial charge in [0, 0.05) is 20.9 Å². The summed E-state index contributed by atoms with van der Waals surface area (Å²) in [5.74, 6) is 5.69. The molecule has 0 amide bonds. The van der Waals surface area contributed by atoms with Crippen LogP contribution in [-0.4, -0.2) is 0 Å². The van der Waals surface area contributed by atoms with Gasteiger partial charge in [-0.1, -0.05) is 38.5 Å². The zero-order valence-corrected chi connectivity index (χ0v) is 15.0. The first-order valence-corrected chi connectivity index (χ1v) is 9.55. The Labute approximate surface area is 142 Å². The summed E-state index contributed by atoms with van der Waals surface area (Å²) in [5, 5.41) is 0. The van der Waals surface area contributed by atoms with Crippen molar-refractivity contribution in [2.45, 2.75) is 52.4 Å². The molecule has 0 aromatic carbocycles. The zero-order chi connectivity index (χ0) is 15.9. The minimum atomic E-state index is 0.997. The van der Waals surface area contributed by atoms with Gasteiger partial charge in [0.15, 0.2) is 0 Å². The molecule has 0 unspecified atom stereocenters. The highest BCUT2D eigenvalue weighted by Crippen LogP contribution is 2.40. The van der Waals surface area contributed by atoms with Gasteiger partial charge in [-0.15, -0.1) is 35.5 Å². The molecule has 2 aromatic heterocycles. The first-order valence-electron chi connectivity index (χ1n) is 7.92. The highest BCUT2D eigenvalue weighted by molar-refractivity contribution is 7.22. The van der Waals surface area contributed by atoms with Crippen molar-refractivity contribution < 1.29 is 0 Å². The zero-order valence-electron chi connectivity index (χ0n) is 13.4. The SMILES string of the molecule is C#Cc1cc(CCCC)sc1-c1sc(CCCC)cc1C#C. The number of rotatable bonds is 7. The molecule has 22 heavy (non-hydrogen) atoms. The molecule has 2 heterocycles. The van der Waals surface area contributed by atoms with Crippen molar-refractivity contribution in [1.29, 1.82) is 0 Å². The summed E-state index contributed by atoms with van der Waals surface area (Å²) in [6, 6.07) is 4.34. The van der Waals surface area contributed by atoms with Crippen LogP contribution in [0.1, 0.15) is 60.4 Å². The third kappa shape index (κ3) is 3.83. The molecule has 2 rings (SSSR count). The Kier molecular flexibility index (Phi) is 6.32. The number of thiophene rings is 2. The monoisotopic (exact) mass is 326 g/mol. The van der Waals surface area contributed by atoms with Crippen molar-refractivity contribution in [3.8, 4) is 34.4 Å². The molecule has 0 N–H and O–H groups in total. The van der Waals surface area contributed by atoms with Crippen LogP contribution in [-0.2, 0) is 12.8 Å². The minimum absolute atomic E-state index is 0.997. The van der Waals surface area contributed by atoms with Gasteiger partial charge in [-0.05, 0) is 37.8 Å². The van der Waals surface area contributed by atoms with Crippen LogP contribution in [0.4, 0.5) is 0 Å². The second kappa shape index (κ2) is 8.23. The minimum Gasteiger partial charge on any atom is -0.138 e. The third-order valence-electron chi connectivity index (χ3n) is 3.64. The molecular weight excluding hydrogens is 304 g/mol. The van der Waals surface area contributed by atoms with E-state index in [1.807, 2.05) is 22.7 Å². The third-order valence-corrected chi connectivity index (χ3v) is 6.19. The molecule has 0 atom stereocenters. The van der Waals surface area contributed by atoms with Gasteiger partial charge in [-0.3, -0.25) is 0 Å². The van der Waals surface area contributed by atoms with Gasteiger partial charge in [0.25, 0.3) is 0 Å². The van der Waals surface area contributed by atoms with Crippen LogP contribution in [0.5, 0.6) is 0 Å². The fourth-order valence-corrected chi connectivity index (χ4v) is 4.87. The number of unbranched alkanes of at least 4 members (excludes halogenated alkanes) is 2. The van der Waals surface area contributed by atoms with E-state index in [1.165, 1.54) is 45.2 Å². The lowest BCUT2D eigenvalue weighted by Crippen LogP contribution is -1.77. The first kappa shape index (κ1) is 16.9. The predicted octanol–water partition coefficient (Wildman–Crippen LogP) is 6.12. The van der Waals surface area contributed by atoms with Gasteiger partial charge in [0.2, 0.25) is 0 Å². The maximum Gasteiger partial charge on any atom is 0.0614 e. The Hall–Kier alpha value is -1.48. The van der Waals surface area contributed by atoms with E-state index in [0.717, 1.165) is 24.0 Å². The van der Waals surface area contributed by atoms with Crippen molar-refractivity contribution in [2.75, 3.05) is 0 Å². The molecule has 2 heteroatoms. The molecule has 0 fully saturated rings. The van der Waals surface area contributed by atoms with Crippen molar-refractivity contribution in [1.82, 2.24) is 0 Å². The molecule has 0 radical (unpaired) electrons. The Morgan fingerprint density at radius 1 is 0.818 bits per heavy atom. The topological polar surface area (TPSA) is 0 Å². The molecule has 0 aliphatic carbocycles. The highest BCUT2D eigenvalue weighted by Gasteiger charge is 2.16. The van der Waals surface area contributed by atoms with E-state index in [1.54, 1.807) is 0 Å². The fraction of sp³-hybridized carbons (Fsp3) is 0.400. The van der Waals surface area contributed by atoms with Crippen molar-refractivity contribution in [3.05, 3.63) is 33.0 Å². The van der Waals surface area contributed by atoms with Crippen LogP contribution in [0, 0.1) is 24.7 Å². The van der Waals surface area contributed by atoms with E-state index in [2.05, 4.69) is 37.8 Å². The van der Waals surface area contributed by atoms with E-state index < -0.39 is 0 Å². The maximum atomic E-state index is 5.72. The van der Waals surface area contributed by atoms with Crippen LogP contribution in [0.15, 0.2) is 12.1 Å². The average Bonchev–Trinajstić information content (AvgIpc) is 3.13.